The molecule has 0 saturated heterocycles. The number of benzene rings is 2. The Morgan fingerprint density at radius 2 is 1.83 bits per heavy atom. The third-order valence-corrected chi connectivity index (χ3v) is 3.83. The summed E-state index contributed by atoms with van der Waals surface area (Å²) in [7, 11) is 0. The van der Waals surface area contributed by atoms with Gasteiger partial charge in [0.05, 0.1) is 6.21 Å². The quantitative estimate of drug-likeness (QED) is 0.602. The van der Waals surface area contributed by atoms with Crippen LogP contribution in [0.15, 0.2) is 53.6 Å². The fourth-order valence-electron chi connectivity index (χ4n) is 2.13. The van der Waals surface area contributed by atoms with Gasteiger partial charge in [-0.2, -0.15) is 5.10 Å². The average Bonchev–Trinajstić information content (AvgIpc) is 2.55. The van der Waals surface area contributed by atoms with E-state index in [2.05, 4.69) is 41.8 Å². The molecule has 4 nitrogen and oxygen atoms in total. The van der Waals surface area contributed by atoms with Crippen molar-refractivity contribution in [1.82, 2.24) is 5.43 Å². The number of carbonyl (C=O) groups excluding carboxylic acids is 1. The largest absolute Gasteiger partial charge is 0.374 e. The van der Waals surface area contributed by atoms with Crippen molar-refractivity contribution >= 4 is 29.4 Å². The molecule has 5 heteroatoms. The highest BCUT2D eigenvalue weighted by molar-refractivity contribution is 6.30. The fourth-order valence-corrected chi connectivity index (χ4v) is 2.32. The van der Waals surface area contributed by atoms with Gasteiger partial charge < -0.3 is 5.32 Å². The molecule has 0 spiro atoms. The zero-order chi connectivity index (χ0) is 17.5. The molecule has 0 heterocycles. The van der Waals surface area contributed by atoms with Crippen LogP contribution >= 0.6 is 11.6 Å². The van der Waals surface area contributed by atoms with Gasteiger partial charge in [-0.05, 0) is 42.2 Å². The second-order valence-electron chi connectivity index (χ2n) is 5.93. The van der Waals surface area contributed by atoms with E-state index in [4.69, 9.17) is 11.6 Å². The van der Waals surface area contributed by atoms with Gasteiger partial charge in [0.25, 0.3) is 5.91 Å². The predicted molar refractivity (Wildman–Crippen MR) is 101 cm³/mol. The predicted octanol–water partition coefficient (Wildman–Crippen LogP) is 4.41. The number of hydrogen-bond acceptors (Lipinski definition) is 3. The molecule has 0 aromatic heterocycles. The molecule has 0 aliphatic rings. The van der Waals surface area contributed by atoms with Gasteiger partial charge in [-0.1, -0.05) is 55.8 Å². The Labute approximate surface area is 147 Å². The monoisotopic (exact) mass is 343 g/mol. The molecule has 1 amide bonds. The van der Waals surface area contributed by atoms with Crippen molar-refractivity contribution in [3.05, 3.63) is 64.7 Å². The third-order valence-electron chi connectivity index (χ3n) is 3.59. The first-order chi connectivity index (χ1) is 11.5. The first-order valence-electron chi connectivity index (χ1n) is 7.90. The molecule has 2 N–H and O–H groups in total. The Morgan fingerprint density at radius 1 is 1.12 bits per heavy atom. The number of nitrogens with one attached hydrogen (secondary N) is 2. The van der Waals surface area contributed by atoms with Crippen LogP contribution in [-0.2, 0) is 4.79 Å². The minimum Gasteiger partial charge on any atom is -0.374 e. The molecule has 2 aromatic rings. The lowest BCUT2D eigenvalue weighted by Crippen LogP contribution is -2.34. The van der Waals surface area contributed by atoms with Crippen LogP contribution in [0.2, 0.25) is 5.02 Å². The molecule has 0 saturated carbocycles. The molecule has 126 valence electrons. The maximum Gasteiger partial charge on any atom is 0.262 e. The Hall–Kier alpha value is -2.33. The van der Waals surface area contributed by atoms with Gasteiger partial charge in [-0.25, -0.2) is 5.43 Å². The minimum absolute atomic E-state index is 0.218. The summed E-state index contributed by atoms with van der Waals surface area (Å²) in [5.41, 5.74) is 5.54. The Balaban J connectivity index is 1.87. The van der Waals surface area contributed by atoms with Gasteiger partial charge in [0.2, 0.25) is 0 Å². The van der Waals surface area contributed by atoms with E-state index >= 15 is 0 Å². The summed E-state index contributed by atoms with van der Waals surface area (Å²) < 4.78 is 0. The summed E-state index contributed by atoms with van der Waals surface area (Å²) in [5.74, 6) is 0.277. The van der Waals surface area contributed by atoms with Crippen LogP contribution in [0.5, 0.6) is 0 Å². The summed E-state index contributed by atoms with van der Waals surface area (Å²) >= 11 is 5.93. The van der Waals surface area contributed by atoms with Crippen LogP contribution in [0.1, 0.15) is 37.8 Å². The van der Waals surface area contributed by atoms with Crippen molar-refractivity contribution in [3.8, 4) is 0 Å². The molecule has 2 rings (SSSR count). The van der Waals surface area contributed by atoms with Crippen LogP contribution in [0, 0.1) is 0 Å². The maximum absolute atomic E-state index is 12.0. The van der Waals surface area contributed by atoms with E-state index < -0.39 is 6.04 Å². The van der Waals surface area contributed by atoms with Crippen LogP contribution in [0.4, 0.5) is 5.69 Å². The number of hydrazone groups is 1. The van der Waals surface area contributed by atoms with Crippen molar-refractivity contribution < 1.29 is 4.79 Å². The zero-order valence-corrected chi connectivity index (χ0v) is 14.8. The highest BCUT2D eigenvalue weighted by Gasteiger charge is 2.11. The number of anilines is 1. The van der Waals surface area contributed by atoms with E-state index in [9.17, 15) is 4.79 Å². The minimum atomic E-state index is -0.427. The van der Waals surface area contributed by atoms with E-state index in [1.807, 2.05) is 24.3 Å². The SMILES string of the molecule is CC(C)c1ccc(/C=N\NC(=O)[C@@H](C)Nc2cccc(Cl)c2)cc1. The lowest BCUT2D eigenvalue weighted by molar-refractivity contribution is -0.121. The molecule has 0 unspecified atom stereocenters. The highest BCUT2D eigenvalue weighted by Crippen LogP contribution is 2.16. The van der Waals surface area contributed by atoms with Gasteiger partial charge in [0, 0.05) is 10.7 Å². The molecule has 1 atom stereocenters. The van der Waals surface area contributed by atoms with Crippen molar-refractivity contribution in [2.45, 2.75) is 32.7 Å². The number of hydrogen-bond donors (Lipinski definition) is 2. The molecular formula is C19H22ClN3O. The van der Waals surface area contributed by atoms with E-state index in [-0.39, 0.29) is 5.91 Å². The number of carbonyl (C=O) groups is 1. The highest BCUT2D eigenvalue weighted by atomic mass is 35.5. The van der Waals surface area contributed by atoms with Crippen molar-refractivity contribution in [3.63, 3.8) is 0 Å². The molecule has 0 radical (unpaired) electrons. The van der Waals surface area contributed by atoms with Crippen molar-refractivity contribution in [2.75, 3.05) is 5.32 Å². The molecule has 24 heavy (non-hydrogen) atoms. The number of amides is 1. The Morgan fingerprint density at radius 3 is 2.46 bits per heavy atom. The third kappa shape index (κ3) is 5.39. The summed E-state index contributed by atoms with van der Waals surface area (Å²) in [4.78, 5) is 12.0. The number of nitrogens with zero attached hydrogens (tertiary/aromatic N) is 1. The Bertz CT molecular complexity index is 711. The zero-order valence-electron chi connectivity index (χ0n) is 14.1. The van der Waals surface area contributed by atoms with Crippen LogP contribution in [-0.4, -0.2) is 18.2 Å². The topological polar surface area (TPSA) is 53.5 Å². The average molecular weight is 344 g/mol. The molecule has 0 aliphatic carbocycles. The standard InChI is InChI=1S/C19H22ClN3O/c1-13(2)16-9-7-15(8-10-16)12-21-23-19(24)14(3)22-18-6-4-5-17(20)11-18/h4-14,22H,1-3H3,(H,23,24)/b21-12-/t14-/m1/s1. The number of rotatable bonds is 6. The van der Waals surface area contributed by atoms with Crippen LogP contribution < -0.4 is 10.7 Å². The molecule has 0 fully saturated rings. The van der Waals surface area contributed by atoms with Gasteiger partial charge in [-0.3, -0.25) is 4.79 Å². The van der Waals surface area contributed by atoms with E-state index in [0.717, 1.165) is 11.3 Å². The van der Waals surface area contributed by atoms with E-state index in [0.29, 0.717) is 10.9 Å². The lowest BCUT2D eigenvalue weighted by atomic mass is 10.0. The van der Waals surface area contributed by atoms with Gasteiger partial charge in [0.15, 0.2) is 0 Å². The fraction of sp³-hybridized carbons (Fsp3) is 0.263. The van der Waals surface area contributed by atoms with Gasteiger partial charge in [0.1, 0.15) is 6.04 Å². The van der Waals surface area contributed by atoms with Crippen LogP contribution in [0.3, 0.4) is 0 Å². The first kappa shape index (κ1) is 18.0. The maximum atomic E-state index is 12.0. The summed E-state index contributed by atoms with van der Waals surface area (Å²) in [5, 5.41) is 7.71. The van der Waals surface area contributed by atoms with Crippen LogP contribution in [0.25, 0.3) is 0 Å². The normalized spacial score (nSPS) is 12.4. The summed E-state index contributed by atoms with van der Waals surface area (Å²) in [6, 6.07) is 14.9. The molecule has 0 aliphatic heterocycles. The van der Waals surface area contributed by atoms with Gasteiger partial charge >= 0.3 is 0 Å². The Kier molecular flexibility index (Phi) is 6.38. The van der Waals surface area contributed by atoms with Crippen molar-refractivity contribution in [1.29, 1.82) is 0 Å². The van der Waals surface area contributed by atoms with Crippen molar-refractivity contribution in [2.24, 2.45) is 5.10 Å². The second-order valence-corrected chi connectivity index (χ2v) is 6.37. The van der Waals surface area contributed by atoms with E-state index in [1.165, 1.54) is 5.56 Å². The first-order valence-corrected chi connectivity index (χ1v) is 8.28. The molecule has 0 bridgehead atoms. The molecular weight excluding hydrogens is 322 g/mol. The smallest absolute Gasteiger partial charge is 0.262 e. The van der Waals surface area contributed by atoms with E-state index in [1.54, 1.807) is 25.3 Å². The lowest BCUT2D eigenvalue weighted by Gasteiger charge is -2.13. The molecule has 2 aromatic carbocycles. The van der Waals surface area contributed by atoms with Gasteiger partial charge in [-0.15, -0.1) is 0 Å². The summed E-state index contributed by atoms with van der Waals surface area (Å²) in [6.45, 7) is 6.07. The second kappa shape index (κ2) is 8.50. The number of halogens is 1. The summed E-state index contributed by atoms with van der Waals surface area (Å²) in [6.07, 6.45) is 1.63.